The zero-order valence-corrected chi connectivity index (χ0v) is 20.0. The zero-order chi connectivity index (χ0) is 23.8. The van der Waals surface area contributed by atoms with Crippen molar-refractivity contribution in [3.63, 3.8) is 0 Å². The molecular formula is C26H36FN3O3. The Labute approximate surface area is 196 Å². The Hall–Kier alpha value is -2.67. The molecule has 0 atom stereocenters. The van der Waals surface area contributed by atoms with Crippen molar-refractivity contribution in [2.24, 2.45) is 0 Å². The number of rotatable bonds is 10. The number of ether oxygens (including phenoxy) is 1. The molecule has 6 nitrogen and oxygen atoms in total. The molecule has 3 rings (SSSR count). The van der Waals surface area contributed by atoms with Gasteiger partial charge in [-0.05, 0) is 56.5 Å². The number of carbonyl (C=O) groups excluding carboxylic acids is 2. The second-order valence-electron chi connectivity index (χ2n) is 9.12. The lowest BCUT2D eigenvalue weighted by Gasteiger charge is -2.37. The predicted octanol–water partition coefficient (Wildman–Crippen LogP) is 4.22. The highest BCUT2D eigenvalue weighted by Gasteiger charge is 2.29. The minimum atomic E-state index is -0.252. The molecule has 2 aromatic rings. The predicted molar refractivity (Wildman–Crippen MR) is 126 cm³/mol. The van der Waals surface area contributed by atoms with E-state index in [1.165, 1.54) is 25.7 Å². The first-order chi connectivity index (χ1) is 15.9. The summed E-state index contributed by atoms with van der Waals surface area (Å²) in [5.41, 5.74) is 2.03. The first-order valence-corrected chi connectivity index (χ1v) is 11.9. The van der Waals surface area contributed by atoms with Crippen molar-refractivity contribution in [1.82, 2.24) is 14.4 Å². The van der Waals surface area contributed by atoms with Crippen molar-refractivity contribution >= 4 is 11.8 Å². The van der Waals surface area contributed by atoms with Gasteiger partial charge in [0.25, 0.3) is 0 Å². The molecule has 0 bridgehead atoms. The molecule has 0 radical (unpaired) electrons. The van der Waals surface area contributed by atoms with E-state index in [4.69, 9.17) is 4.74 Å². The van der Waals surface area contributed by atoms with E-state index in [2.05, 4.69) is 4.57 Å². The number of methoxy groups -OCH3 is 1. The van der Waals surface area contributed by atoms with Crippen LogP contribution < -0.4 is 0 Å². The number of nitrogens with zero attached hydrogens (tertiary/aromatic N) is 3. The molecule has 0 aliphatic heterocycles. The van der Waals surface area contributed by atoms with Crippen LogP contribution in [-0.2, 0) is 27.4 Å². The molecule has 1 saturated carbocycles. The Morgan fingerprint density at radius 3 is 2.42 bits per heavy atom. The molecule has 2 amide bonds. The van der Waals surface area contributed by atoms with Crippen LogP contribution in [-0.4, -0.2) is 58.5 Å². The van der Waals surface area contributed by atoms with E-state index in [9.17, 15) is 14.0 Å². The fourth-order valence-electron chi connectivity index (χ4n) is 4.52. The smallest absolute Gasteiger partial charge is 0.249 e. The second kappa shape index (κ2) is 12.0. The van der Waals surface area contributed by atoms with Gasteiger partial charge in [-0.2, -0.15) is 0 Å². The summed E-state index contributed by atoms with van der Waals surface area (Å²) in [6.07, 6.45) is 7.38. The molecule has 180 valence electrons. The van der Waals surface area contributed by atoms with E-state index < -0.39 is 0 Å². The second-order valence-corrected chi connectivity index (χ2v) is 9.12. The first-order valence-electron chi connectivity index (χ1n) is 11.9. The van der Waals surface area contributed by atoms with Gasteiger partial charge in [0.1, 0.15) is 19.0 Å². The van der Waals surface area contributed by atoms with Crippen LogP contribution in [0.25, 0.3) is 0 Å². The van der Waals surface area contributed by atoms with Gasteiger partial charge in [0.2, 0.25) is 11.8 Å². The van der Waals surface area contributed by atoms with Crippen LogP contribution in [0.3, 0.4) is 0 Å². The van der Waals surface area contributed by atoms with Crippen LogP contribution in [0.1, 0.15) is 57.2 Å². The molecule has 1 aliphatic carbocycles. The number of halogens is 1. The van der Waals surface area contributed by atoms with Crippen LogP contribution in [0.5, 0.6) is 0 Å². The third-order valence-corrected chi connectivity index (χ3v) is 6.37. The SMILES string of the molecule is COCC(=O)N(CC(=O)N(Cc1cccn1Cc1ccc(F)cc1)C1CCCCC1)C(C)C. The molecule has 1 aromatic heterocycles. The highest BCUT2D eigenvalue weighted by atomic mass is 19.1. The lowest BCUT2D eigenvalue weighted by molar-refractivity contribution is -0.146. The Morgan fingerprint density at radius 2 is 1.79 bits per heavy atom. The molecular weight excluding hydrogens is 421 g/mol. The number of benzene rings is 1. The van der Waals surface area contributed by atoms with Gasteiger partial charge < -0.3 is 19.1 Å². The first kappa shape index (κ1) is 25.0. The largest absolute Gasteiger partial charge is 0.375 e. The van der Waals surface area contributed by atoms with Gasteiger partial charge in [-0.1, -0.05) is 31.4 Å². The number of carbonyl (C=O) groups is 2. The van der Waals surface area contributed by atoms with E-state index in [1.54, 1.807) is 17.0 Å². The van der Waals surface area contributed by atoms with Crippen molar-refractivity contribution in [3.8, 4) is 0 Å². The van der Waals surface area contributed by atoms with E-state index in [-0.39, 0.29) is 42.9 Å². The van der Waals surface area contributed by atoms with Gasteiger partial charge in [-0.15, -0.1) is 0 Å². The summed E-state index contributed by atoms with van der Waals surface area (Å²) in [4.78, 5) is 29.6. The highest BCUT2D eigenvalue weighted by Crippen LogP contribution is 2.25. The average Bonchev–Trinajstić information content (AvgIpc) is 3.24. The van der Waals surface area contributed by atoms with Gasteiger partial charge in [-0.25, -0.2) is 4.39 Å². The fourth-order valence-corrected chi connectivity index (χ4v) is 4.52. The van der Waals surface area contributed by atoms with E-state index in [0.29, 0.717) is 13.1 Å². The van der Waals surface area contributed by atoms with Gasteiger partial charge in [-0.3, -0.25) is 9.59 Å². The van der Waals surface area contributed by atoms with E-state index in [1.807, 2.05) is 37.1 Å². The normalized spacial score (nSPS) is 14.5. The fraction of sp³-hybridized carbons (Fsp3) is 0.538. The van der Waals surface area contributed by atoms with Crippen LogP contribution in [0.2, 0.25) is 0 Å². The van der Waals surface area contributed by atoms with Crippen LogP contribution in [0, 0.1) is 5.82 Å². The summed E-state index contributed by atoms with van der Waals surface area (Å²) in [5, 5.41) is 0. The summed E-state index contributed by atoms with van der Waals surface area (Å²) in [6, 6.07) is 10.6. The molecule has 33 heavy (non-hydrogen) atoms. The summed E-state index contributed by atoms with van der Waals surface area (Å²) < 4.78 is 20.4. The van der Waals surface area contributed by atoms with Gasteiger partial charge in [0.15, 0.2) is 0 Å². The van der Waals surface area contributed by atoms with Gasteiger partial charge >= 0.3 is 0 Å². The van der Waals surface area contributed by atoms with Crippen LogP contribution in [0.15, 0.2) is 42.6 Å². The van der Waals surface area contributed by atoms with E-state index in [0.717, 1.165) is 36.9 Å². The minimum Gasteiger partial charge on any atom is -0.375 e. The van der Waals surface area contributed by atoms with Gasteiger partial charge in [0.05, 0.1) is 6.54 Å². The summed E-state index contributed by atoms with van der Waals surface area (Å²) in [7, 11) is 1.49. The Balaban J connectivity index is 1.79. The summed E-state index contributed by atoms with van der Waals surface area (Å²) in [5.74, 6) is -0.461. The minimum absolute atomic E-state index is 0.0323. The number of hydrogen-bond donors (Lipinski definition) is 0. The van der Waals surface area contributed by atoms with Crippen LogP contribution >= 0.6 is 0 Å². The standard InChI is InChI=1S/C26H36FN3O3/c1-20(2)29(26(32)19-33-3)18-25(31)30(23-8-5-4-6-9-23)17-24-10-7-15-28(24)16-21-11-13-22(27)14-12-21/h7,10-15,20,23H,4-6,8-9,16-19H2,1-3H3. The molecule has 0 unspecified atom stereocenters. The molecule has 7 heteroatoms. The molecule has 1 aliphatic rings. The number of hydrogen-bond acceptors (Lipinski definition) is 3. The molecule has 0 N–H and O–H groups in total. The van der Waals surface area contributed by atoms with Crippen molar-refractivity contribution in [1.29, 1.82) is 0 Å². The Morgan fingerprint density at radius 1 is 1.09 bits per heavy atom. The summed E-state index contributed by atoms with van der Waals surface area (Å²) in [6.45, 7) is 4.95. The molecule has 1 heterocycles. The third-order valence-electron chi connectivity index (χ3n) is 6.37. The maximum Gasteiger partial charge on any atom is 0.249 e. The number of amides is 2. The maximum atomic E-state index is 13.5. The Kier molecular flexibility index (Phi) is 9.06. The highest BCUT2D eigenvalue weighted by molar-refractivity contribution is 5.85. The Bertz CT molecular complexity index is 904. The van der Waals surface area contributed by atoms with Crippen molar-refractivity contribution in [3.05, 3.63) is 59.7 Å². The van der Waals surface area contributed by atoms with Crippen molar-refractivity contribution < 1.29 is 18.7 Å². The van der Waals surface area contributed by atoms with E-state index >= 15 is 0 Å². The monoisotopic (exact) mass is 457 g/mol. The van der Waals surface area contributed by atoms with Crippen LogP contribution in [0.4, 0.5) is 4.39 Å². The molecule has 1 aromatic carbocycles. The topological polar surface area (TPSA) is 54.8 Å². The average molecular weight is 458 g/mol. The maximum absolute atomic E-state index is 13.5. The lowest BCUT2D eigenvalue weighted by atomic mass is 9.94. The molecule has 0 saturated heterocycles. The van der Waals surface area contributed by atoms with Crippen molar-refractivity contribution in [2.45, 2.75) is 71.1 Å². The molecule has 0 spiro atoms. The zero-order valence-electron chi connectivity index (χ0n) is 20.0. The van der Waals surface area contributed by atoms with Gasteiger partial charge in [0, 0.05) is 37.6 Å². The van der Waals surface area contributed by atoms with Crippen molar-refractivity contribution in [2.75, 3.05) is 20.3 Å². The molecule has 1 fully saturated rings. The third kappa shape index (κ3) is 6.90. The quantitative estimate of drug-likeness (QED) is 0.537. The summed E-state index contributed by atoms with van der Waals surface area (Å²) >= 11 is 0. The number of aromatic nitrogens is 1. The lowest BCUT2D eigenvalue weighted by Crippen LogP contribution is -2.50.